The Morgan fingerprint density at radius 3 is 2.89 bits per heavy atom. The van der Waals surface area contributed by atoms with Gasteiger partial charge < -0.3 is 5.73 Å². The van der Waals surface area contributed by atoms with Crippen LogP contribution in [0.4, 0.5) is 0 Å². The summed E-state index contributed by atoms with van der Waals surface area (Å²) < 4.78 is 2.01. The molecular weight excluding hydrogens is 228 g/mol. The van der Waals surface area contributed by atoms with Crippen molar-refractivity contribution in [1.29, 1.82) is 0 Å². The summed E-state index contributed by atoms with van der Waals surface area (Å²) in [6.07, 6.45) is 3.67. The standard InChI is InChI=1S/C12H22N6/c1-9-4-5-17(7-10(9)6-13)8-12-14-15-16-18(12)11-2-3-11/h9-11H,2-8,13H2,1H3. The Morgan fingerprint density at radius 1 is 1.33 bits per heavy atom. The highest BCUT2D eigenvalue weighted by atomic mass is 15.6. The fourth-order valence-electron chi connectivity index (χ4n) is 2.79. The van der Waals surface area contributed by atoms with Gasteiger partial charge in [-0.1, -0.05) is 6.92 Å². The Morgan fingerprint density at radius 2 is 2.17 bits per heavy atom. The highest BCUT2D eigenvalue weighted by Crippen LogP contribution is 2.34. The van der Waals surface area contributed by atoms with E-state index in [0.717, 1.165) is 37.9 Å². The van der Waals surface area contributed by atoms with Gasteiger partial charge >= 0.3 is 0 Å². The lowest BCUT2D eigenvalue weighted by Gasteiger charge is -2.36. The fourth-order valence-corrected chi connectivity index (χ4v) is 2.79. The first-order chi connectivity index (χ1) is 8.78. The van der Waals surface area contributed by atoms with E-state index in [4.69, 9.17) is 5.73 Å². The second kappa shape index (κ2) is 4.93. The van der Waals surface area contributed by atoms with E-state index < -0.39 is 0 Å². The SMILES string of the molecule is CC1CCN(Cc2nnnn2C2CC2)CC1CN. The van der Waals surface area contributed by atoms with Crippen molar-refractivity contribution in [3.8, 4) is 0 Å². The van der Waals surface area contributed by atoms with Gasteiger partial charge in [0.1, 0.15) is 0 Å². The minimum atomic E-state index is 0.559. The number of tetrazole rings is 1. The molecule has 6 heteroatoms. The molecule has 6 nitrogen and oxygen atoms in total. The first-order valence-electron chi connectivity index (χ1n) is 6.97. The molecule has 0 aromatic carbocycles. The maximum absolute atomic E-state index is 5.85. The van der Waals surface area contributed by atoms with E-state index >= 15 is 0 Å². The molecule has 2 atom stereocenters. The Balaban J connectivity index is 1.63. The maximum atomic E-state index is 5.85. The van der Waals surface area contributed by atoms with Gasteiger partial charge in [-0.2, -0.15) is 0 Å². The molecule has 2 unspecified atom stereocenters. The Bertz CT molecular complexity index is 399. The van der Waals surface area contributed by atoms with Crippen LogP contribution in [0.25, 0.3) is 0 Å². The van der Waals surface area contributed by atoms with E-state index in [-0.39, 0.29) is 0 Å². The zero-order chi connectivity index (χ0) is 12.5. The van der Waals surface area contributed by atoms with Crippen LogP contribution in [0.5, 0.6) is 0 Å². The minimum Gasteiger partial charge on any atom is -0.330 e. The second-order valence-corrected chi connectivity index (χ2v) is 5.77. The highest BCUT2D eigenvalue weighted by Gasteiger charge is 2.30. The summed E-state index contributed by atoms with van der Waals surface area (Å²) in [7, 11) is 0. The van der Waals surface area contributed by atoms with Crippen LogP contribution < -0.4 is 5.73 Å². The van der Waals surface area contributed by atoms with Gasteiger partial charge in [-0.3, -0.25) is 4.90 Å². The molecule has 3 rings (SSSR count). The van der Waals surface area contributed by atoms with Crippen LogP contribution in [0.15, 0.2) is 0 Å². The van der Waals surface area contributed by atoms with Crippen molar-refractivity contribution >= 4 is 0 Å². The predicted molar refractivity (Wildman–Crippen MR) is 67.7 cm³/mol. The van der Waals surface area contributed by atoms with Gasteiger partial charge in [-0.05, 0) is 54.6 Å². The molecule has 1 saturated heterocycles. The molecule has 1 aliphatic carbocycles. The maximum Gasteiger partial charge on any atom is 0.165 e. The molecular formula is C12H22N6. The Kier molecular flexibility index (Phi) is 3.30. The fraction of sp³-hybridized carbons (Fsp3) is 0.917. The molecule has 0 radical (unpaired) electrons. The quantitative estimate of drug-likeness (QED) is 0.838. The van der Waals surface area contributed by atoms with Crippen molar-refractivity contribution in [1.82, 2.24) is 25.1 Å². The summed E-state index contributed by atoms with van der Waals surface area (Å²) in [5.74, 6) is 2.37. The summed E-state index contributed by atoms with van der Waals surface area (Å²) >= 11 is 0. The van der Waals surface area contributed by atoms with Crippen LogP contribution >= 0.6 is 0 Å². The second-order valence-electron chi connectivity index (χ2n) is 5.77. The lowest BCUT2D eigenvalue weighted by Crippen LogP contribution is -2.42. The molecule has 2 heterocycles. The van der Waals surface area contributed by atoms with Crippen molar-refractivity contribution in [2.75, 3.05) is 19.6 Å². The van der Waals surface area contributed by atoms with Crippen LogP contribution in [-0.2, 0) is 6.54 Å². The molecule has 18 heavy (non-hydrogen) atoms. The van der Waals surface area contributed by atoms with Crippen LogP contribution in [0.1, 0.15) is 38.1 Å². The summed E-state index contributed by atoms with van der Waals surface area (Å²) in [4.78, 5) is 2.45. The monoisotopic (exact) mass is 250 g/mol. The highest BCUT2D eigenvalue weighted by molar-refractivity contribution is 4.91. The molecule has 1 saturated carbocycles. The summed E-state index contributed by atoms with van der Waals surface area (Å²) in [5.41, 5.74) is 5.85. The molecule has 100 valence electrons. The Labute approximate surface area is 108 Å². The average Bonchev–Trinajstić information content (AvgIpc) is 3.12. The number of likely N-dealkylation sites (tertiary alicyclic amines) is 1. The zero-order valence-corrected chi connectivity index (χ0v) is 11.0. The molecule has 0 amide bonds. The van der Waals surface area contributed by atoms with Gasteiger partial charge in [0.05, 0.1) is 12.6 Å². The number of piperidine rings is 1. The number of hydrogen-bond donors (Lipinski definition) is 1. The molecule has 2 fully saturated rings. The number of hydrogen-bond acceptors (Lipinski definition) is 5. The minimum absolute atomic E-state index is 0.559. The molecule has 1 aliphatic heterocycles. The number of rotatable bonds is 4. The van der Waals surface area contributed by atoms with Crippen molar-refractivity contribution < 1.29 is 0 Å². The van der Waals surface area contributed by atoms with Gasteiger partial charge in [0.25, 0.3) is 0 Å². The van der Waals surface area contributed by atoms with Gasteiger partial charge in [0, 0.05) is 6.54 Å². The van der Waals surface area contributed by atoms with Crippen LogP contribution in [0, 0.1) is 11.8 Å². The Hall–Kier alpha value is -1.01. The smallest absolute Gasteiger partial charge is 0.165 e. The largest absolute Gasteiger partial charge is 0.330 e. The summed E-state index contributed by atoms with van der Waals surface area (Å²) in [6.45, 7) is 6.17. The van der Waals surface area contributed by atoms with Crippen molar-refractivity contribution in [2.24, 2.45) is 17.6 Å². The lowest BCUT2D eigenvalue weighted by atomic mass is 9.87. The third kappa shape index (κ3) is 2.40. The molecule has 1 aromatic rings. The normalized spacial score (nSPS) is 29.7. The topological polar surface area (TPSA) is 72.9 Å². The van der Waals surface area contributed by atoms with Crippen LogP contribution in [-0.4, -0.2) is 44.7 Å². The van der Waals surface area contributed by atoms with E-state index in [9.17, 15) is 0 Å². The number of aromatic nitrogens is 4. The first-order valence-corrected chi connectivity index (χ1v) is 6.97. The lowest BCUT2D eigenvalue weighted by molar-refractivity contribution is 0.122. The van der Waals surface area contributed by atoms with Crippen LogP contribution in [0.3, 0.4) is 0 Å². The van der Waals surface area contributed by atoms with E-state index in [0.29, 0.717) is 12.0 Å². The van der Waals surface area contributed by atoms with Gasteiger partial charge in [0.2, 0.25) is 0 Å². The molecule has 2 aliphatic rings. The molecule has 0 bridgehead atoms. The zero-order valence-electron chi connectivity index (χ0n) is 11.0. The van der Waals surface area contributed by atoms with Gasteiger partial charge in [-0.15, -0.1) is 5.10 Å². The van der Waals surface area contributed by atoms with Crippen LogP contribution in [0.2, 0.25) is 0 Å². The number of nitrogens with zero attached hydrogens (tertiary/aromatic N) is 5. The van der Waals surface area contributed by atoms with E-state index in [1.54, 1.807) is 0 Å². The van der Waals surface area contributed by atoms with Gasteiger partial charge in [-0.25, -0.2) is 4.68 Å². The van der Waals surface area contributed by atoms with E-state index in [1.807, 2.05) is 4.68 Å². The van der Waals surface area contributed by atoms with Crippen molar-refractivity contribution in [2.45, 2.75) is 38.8 Å². The number of nitrogens with two attached hydrogens (primary N) is 1. The third-order valence-electron chi connectivity index (χ3n) is 4.32. The van der Waals surface area contributed by atoms with Gasteiger partial charge in [0.15, 0.2) is 5.82 Å². The summed E-state index contributed by atoms with van der Waals surface area (Å²) in [6, 6.07) is 0.559. The van der Waals surface area contributed by atoms with Crippen molar-refractivity contribution in [3.63, 3.8) is 0 Å². The van der Waals surface area contributed by atoms with Crippen molar-refractivity contribution in [3.05, 3.63) is 5.82 Å². The molecule has 2 N–H and O–H groups in total. The average molecular weight is 250 g/mol. The molecule has 0 spiro atoms. The van der Waals surface area contributed by atoms with E-state index in [2.05, 4.69) is 27.3 Å². The first kappa shape index (κ1) is 12.0. The van der Waals surface area contributed by atoms with E-state index in [1.165, 1.54) is 19.3 Å². The molecule has 1 aromatic heterocycles. The summed E-state index contributed by atoms with van der Waals surface area (Å²) in [5, 5.41) is 12.1. The third-order valence-corrected chi connectivity index (χ3v) is 4.32. The predicted octanol–water partition coefficient (Wildman–Crippen LogP) is 0.425.